The number of rotatable bonds is 5. The van der Waals surface area contributed by atoms with E-state index in [0.717, 1.165) is 19.6 Å². The Morgan fingerprint density at radius 2 is 2.00 bits per heavy atom. The Morgan fingerprint density at radius 1 is 1.32 bits per heavy atom. The number of halogens is 1. The van der Waals surface area contributed by atoms with E-state index in [0.29, 0.717) is 11.0 Å². The van der Waals surface area contributed by atoms with Gasteiger partial charge in [0.05, 0.1) is 5.69 Å². The second kappa shape index (κ2) is 6.21. The van der Waals surface area contributed by atoms with Gasteiger partial charge in [0, 0.05) is 17.6 Å². The van der Waals surface area contributed by atoms with Crippen molar-refractivity contribution < 1.29 is 8.42 Å². The van der Waals surface area contributed by atoms with E-state index in [4.69, 9.17) is 5.73 Å². The summed E-state index contributed by atoms with van der Waals surface area (Å²) in [6.07, 6.45) is 2.40. The zero-order valence-electron chi connectivity index (χ0n) is 10.6. The minimum absolute atomic E-state index is 0.128. The van der Waals surface area contributed by atoms with Gasteiger partial charge in [-0.2, -0.15) is 0 Å². The van der Waals surface area contributed by atoms with E-state index in [1.54, 1.807) is 12.1 Å². The molecule has 3 N–H and O–H groups in total. The van der Waals surface area contributed by atoms with E-state index < -0.39 is 10.0 Å². The molecule has 106 valence electrons. The lowest BCUT2D eigenvalue weighted by atomic mass is 10.3. The normalized spacial score (nSPS) is 16.9. The van der Waals surface area contributed by atoms with E-state index in [-0.39, 0.29) is 10.6 Å². The predicted octanol–water partition coefficient (Wildman–Crippen LogP) is 1.41. The molecular formula is C12H18BrN3O2S. The van der Waals surface area contributed by atoms with Gasteiger partial charge in [-0.15, -0.1) is 0 Å². The zero-order valence-corrected chi connectivity index (χ0v) is 13.0. The Labute approximate surface area is 122 Å². The fraction of sp³-hybridized carbons (Fsp3) is 0.500. The Hall–Kier alpha value is -0.630. The van der Waals surface area contributed by atoms with Crippen molar-refractivity contribution in [3.8, 4) is 0 Å². The maximum absolute atomic E-state index is 12.1. The fourth-order valence-corrected chi connectivity index (χ4v) is 3.85. The lowest BCUT2D eigenvalue weighted by Crippen LogP contribution is -2.33. The molecule has 0 saturated carbocycles. The molecule has 1 aliphatic heterocycles. The number of sulfonamides is 1. The van der Waals surface area contributed by atoms with Crippen LogP contribution in [0.25, 0.3) is 0 Å². The van der Waals surface area contributed by atoms with Gasteiger partial charge in [0.1, 0.15) is 4.90 Å². The van der Waals surface area contributed by atoms with Crippen molar-refractivity contribution in [2.45, 2.75) is 17.7 Å². The molecule has 1 heterocycles. The summed E-state index contributed by atoms with van der Waals surface area (Å²) in [6, 6.07) is 4.82. The average Bonchev–Trinajstić information content (AvgIpc) is 2.85. The lowest BCUT2D eigenvalue weighted by molar-refractivity contribution is 0.344. The number of hydrogen-bond acceptors (Lipinski definition) is 4. The first-order valence-corrected chi connectivity index (χ1v) is 8.54. The average molecular weight is 348 g/mol. The molecule has 0 radical (unpaired) electrons. The van der Waals surface area contributed by atoms with Crippen molar-refractivity contribution in [3.05, 3.63) is 22.7 Å². The Kier molecular flexibility index (Phi) is 4.83. The second-order valence-corrected chi connectivity index (χ2v) is 7.28. The molecule has 0 atom stereocenters. The van der Waals surface area contributed by atoms with Crippen LogP contribution < -0.4 is 10.5 Å². The fourth-order valence-electron chi connectivity index (χ4n) is 2.16. The van der Waals surface area contributed by atoms with Crippen LogP contribution in [0.2, 0.25) is 0 Å². The van der Waals surface area contributed by atoms with Gasteiger partial charge < -0.3 is 10.6 Å². The van der Waals surface area contributed by atoms with E-state index in [2.05, 4.69) is 25.6 Å². The third kappa shape index (κ3) is 3.92. The number of nitrogens with zero attached hydrogens (tertiary/aromatic N) is 1. The van der Waals surface area contributed by atoms with Gasteiger partial charge in [-0.1, -0.05) is 15.9 Å². The van der Waals surface area contributed by atoms with Crippen molar-refractivity contribution in [2.24, 2.45) is 0 Å². The van der Waals surface area contributed by atoms with Gasteiger partial charge in [-0.3, -0.25) is 0 Å². The molecule has 1 aliphatic rings. The van der Waals surface area contributed by atoms with Crippen molar-refractivity contribution in [1.82, 2.24) is 9.62 Å². The number of nitrogen functional groups attached to an aromatic ring is 1. The van der Waals surface area contributed by atoms with Crippen LogP contribution in [0.4, 0.5) is 5.69 Å². The highest BCUT2D eigenvalue weighted by Gasteiger charge is 2.18. The molecule has 0 bridgehead atoms. The van der Waals surface area contributed by atoms with Crippen LogP contribution in [0.1, 0.15) is 12.8 Å². The van der Waals surface area contributed by atoms with Crippen molar-refractivity contribution in [3.63, 3.8) is 0 Å². The minimum Gasteiger partial charge on any atom is -0.398 e. The largest absolute Gasteiger partial charge is 0.398 e. The highest BCUT2D eigenvalue weighted by Crippen LogP contribution is 2.22. The second-order valence-electron chi connectivity index (χ2n) is 4.63. The topological polar surface area (TPSA) is 75.4 Å². The van der Waals surface area contributed by atoms with E-state index >= 15 is 0 Å². The van der Waals surface area contributed by atoms with Crippen molar-refractivity contribution in [1.29, 1.82) is 0 Å². The summed E-state index contributed by atoms with van der Waals surface area (Å²) in [5.74, 6) is 0. The van der Waals surface area contributed by atoms with Gasteiger partial charge in [0.25, 0.3) is 0 Å². The molecule has 1 saturated heterocycles. The van der Waals surface area contributed by atoms with Crippen LogP contribution in [0.5, 0.6) is 0 Å². The first-order chi connectivity index (χ1) is 8.99. The lowest BCUT2D eigenvalue weighted by Gasteiger charge is -2.15. The van der Waals surface area contributed by atoms with Gasteiger partial charge in [0.2, 0.25) is 10.0 Å². The minimum atomic E-state index is -3.54. The van der Waals surface area contributed by atoms with Gasteiger partial charge >= 0.3 is 0 Å². The first-order valence-electron chi connectivity index (χ1n) is 6.26. The Balaban J connectivity index is 1.99. The summed E-state index contributed by atoms with van der Waals surface area (Å²) in [6.45, 7) is 3.27. The van der Waals surface area contributed by atoms with Crippen LogP contribution in [0.15, 0.2) is 27.6 Å². The van der Waals surface area contributed by atoms with Gasteiger partial charge in [-0.05, 0) is 44.1 Å². The monoisotopic (exact) mass is 347 g/mol. The standard InChI is InChI=1S/C12H18BrN3O2S/c13-10-3-4-11(14)12(9-10)19(17,18)15-5-8-16-6-1-2-7-16/h3-4,9,15H,1-2,5-8,14H2. The molecule has 1 aromatic rings. The van der Waals surface area contributed by atoms with Gasteiger partial charge in [0.15, 0.2) is 0 Å². The molecule has 19 heavy (non-hydrogen) atoms. The number of nitrogens with two attached hydrogens (primary N) is 1. The number of likely N-dealkylation sites (tertiary alicyclic amines) is 1. The predicted molar refractivity (Wildman–Crippen MR) is 79.4 cm³/mol. The zero-order chi connectivity index (χ0) is 13.9. The molecule has 1 fully saturated rings. The molecule has 1 aromatic carbocycles. The number of nitrogens with one attached hydrogen (secondary N) is 1. The molecule has 0 aliphatic carbocycles. The highest BCUT2D eigenvalue weighted by molar-refractivity contribution is 9.10. The van der Waals surface area contributed by atoms with Crippen LogP contribution in [0, 0.1) is 0 Å². The van der Waals surface area contributed by atoms with Crippen molar-refractivity contribution >= 4 is 31.6 Å². The summed E-state index contributed by atoms with van der Waals surface area (Å²) < 4.78 is 27.6. The molecular weight excluding hydrogens is 330 g/mol. The molecule has 5 nitrogen and oxygen atoms in total. The summed E-state index contributed by atoms with van der Waals surface area (Å²) in [4.78, 5) is 2.38. The highest BCUT2D eigenvalue weighted by atomic mass is 79.9. The first kappa shape index (κ1) is 14.8. The Bertz CT molecular complexity index is 542. The molecule has 0 aromatic heterocycles. The molecule has 0 amide bonds. The smallest absolute Gasteiger partial charge is 0.242 e. The molecule has 7 heteroatoms. The SMILES string of the molecule is Nc1ccc(Br)cc1S(=O)(=O)NCCN1CCCC1. The van der Waals surface area contributed by atoms with Crippen LogP contribution in [-0.2, 0) is 10.0 Å². The maximum atomic E-state index is 12.1. The summed E-state index contributed by atoms with van der Waals surface area (Å²) in [5, 5.41) is 0. The summed E-state index contributed by atoms with van der Waals surface area (Å²) in [7, 11) is -3.54. The van der Waals surface area contributed by atoms with Crippen LogP contribution in [-0.4, -0.2) is 39.5 Å². The summed E-state index contributed by atoms with van der Waals surface area (Å²) >= 11 is 3.25. The van der Waals surface area contributed by atoms with Gasteiger partial charge in [-0.25, -0.2) is 13.1 Å². The quantitative estimate of drug-likeness (QED) is 0.789. The Morgan fingerprint density at radius 3 is 2.68 bits per heavy atom. The van der Waals surface area contributed by atoms with Crippen LogP contribution in [0.3, 0.4) is 0 Å². The van der Waals surface area contributed by atoms with Crippen LogP contribution >= 0.6 is 15.9 Å². The van der Waals surface area contributed by atoms with Crippen molar-refractivity contribution in [2.75, 3.05) is 31.9 Å². The third-order valence-electron chi connectivity index (χ3n) is 3.18. The molecule has 2 rings (SSSR count). The van der Waals surface area contributed by atoms with E-state index in [1.165, 1.54) is 18.9 Å². The third-order valence-corrected chi connectivity index (χ3v) is 5.19. The number of hydrogen-bond donors (Lipinski definition) is 2. The van der Waals surface area contributed by atoms with E-state index in [9.17, 15) is 8.42 Å². The number of anilines is 1. The maximum Gasteiger partial charge on any atom is 0.242 e. The van der Waals surface area contributed by atoms with E-state index in [1.807, 2.05) is 0 Å². The number of benzene rings is 1. The molecule has 0 unspecified atom stereocenters. The summed E-state index contributed by atoms with van der Waals surface area (Å²) in [5.41, 5.74) is 5.98. The molecule has 0 spiro atoms.